The number of aliphatic carboxylic acids is 1. The van der Waals surface area contributed by atoms with Crippen LogP contribution in [0, 0.1) is 11.3 Å². The van der Waals surface area contributed by atoms with Gasteiger partial charge < -0.3 is 19.3 Å². The summed E-state index contributed by atoms with van der Waals surface area (Å²) in [7, 11) is 0. The van der Waals surface area contributed by atoms with E-state index in [1.165, 1.54) is 19.3 Å². The molecule has 5 rings (SSSR count). The number of pyridine rings is 1. The van der Waals surface area contributed by atoms with Gasteiger partial charge in [0.05, 0.1) is 11.0 Å². The summed E-state index contributed by atoms with van der Waals surface area (Å²) >= 11 is 0. The van der Waals surface area contributed by atoms with Crippen molar-refractivity contribution in [3.8, 4) is 0 Å². The predicted molar refractivity (Wildman–Crippen MR) is 158 cm³/mol. The minimum atomic E-state index is -0.780. The van der Waals surface area contributed by atoms with Gasteiger partial charge in [0.25, 0.3) is 5.91 Å². The standard InChI is InChI=1S/C33H47N3O5/c1-31(2,3)23-18-24(21-10-8-7-9-11-21)34-25-19-26(41-27(23)25)29(38)36-17-16-35(20-32(36,4)5)28(37)22-12-14-33(6,15-13-22)30(39)40/h18-19,21-22H,7-17,20H2,1-6H3,(H,39,40)/t22-,33-. The van der Waals surface area contributed by atoms with Crippen LogP contribution in [0.1, 0.15) is 127 Å². The molecule has 0 spiro atoms. The third kappa shape index (κ3) is 5.76. The maximum atomic E-state index is 13.9. The van der Waals surface area contributed by atoms with Gasteiger partial charge in [0.2, 0.25) is 5.91 Å². The van der Waals surface area contributed by atoms with Crippen molar-refractivity contribution in [2.24, 2.45) is 11.3 Å². The molecule has 0 aromatic carbocycles. The Hall–Kier alpha value is -2.90. The van der Waals surface area contributed by atoms with Crippen molar-refractivity contribution in [2.75, 3.05) is 19.6 Å². The van der Waals surface area contributed by atoms with Crippen LogP contribution >= 0.6 is 0 Å². The Morgan fingerprint density at radius 3 is 2.22 bits per heavy atom. The fourth-order valence-electron chi connectivity index (χ4n) is 7.14. The van der Waals surface area contributed by atoms with Gasteiger partial charge in [0, 0.05) is 48.8 Å². The minimum Gasteiger partial charge on any atom is -0.481 e. The number of carboxylic acid groups (broad SMARTS) is 1. The van der Waals surface area contributed by atoms with Gasteiger partial charge in [-0.1, -0.05) is 40.0 Å². The predicted octanol–water partition coefficient (Wildman–Crippen LogP) is 6.52. The topological polar surface area (TPSA) is 104 Å². The summed E-state index contributed by atoms with van der Waals surface area (Å²) in [4.78, 5) is 47.7. The van der Waals surface area contributed by atoms with E-state index in [0.29, 0.717) is 62.6 Å². The van der Waals surface area contributed by atoms with Crippen LogP contribution in [-0.2, 0) is 15.0 Å². The van der Waals surface area contributed by atoms with Crippen molar-refractivity contribution in [2.45, 2.75) is 116 Å². The Morgan fingerprint density at radius 2 is 1.63 bits per heavy atom. The van der Waals surface area contributed by atoms with Crippen molar-refractivity contribution < 1.29 is 23.9 Å². The molecule has 224 valence electrons. The lowest BCUT2D eigenvalue weighted by atomic mass is 9.71. The molecule has 0 unspecified atom stereocenters. The van der Waals surface area contributed by atoms with E-state index >= 15 is 0 Å². The highest BCUT2D eigenvalue weighted by Gasteiger charge is 2.44. The van der Waals surface area contributed by atoms with Gasteiger partial charge in [-0.15, -0.1) is 0 Å². The first-order valence-electron chi connectivity index (χ1n) is 15.5. The molecule has 1 aliphatic heterocycles. The number of aromatic nitrogens is 1. The van der Waals surface area contributed by atoms with E-state index in [2.05, 4.69) is 26.8 Å². The third-order valence-corrected chi connectivity index (χ3v) is 9.95. The van der Waals surface area contributed by atoms with E-state index in [1.54, 1.807) is 6.92 Å². The number of amides is 2. The molecule has 0 atom stereocenters. The van der Waals surface area contributed by atoms with Crippen LogP contribution in [-0.4, -0.2) is 62.8 Å². The first kappa shape index (κ1) is 29.6. The Labute approximate surface area is 243 Å². The second-order valence-corrected chi connectivity index (χ2v) is 14.7. The average Bonchev–Trinajstić information content (AvgIpc) is 3.36. The molecule has 2 aliphatic carbocycles. The zero-order valence-corrected chi connectivity index (χ0v) is 25.7. The maximum absolute atomic E-state index is 13.9. The minimum absolute atomic E-state index is 0.0793. The Kier molecular flexibility index (Phi) is 7.75. The molecule has 0 bridgehead atoms. The van der Waals surface area contributed by atoms with Crippen LogP contribution in [0.5, 0.6) is 0 Å². The summed E-state index contributed by atoms with van der Waals surface area (Å²) in [5.74, 6) is -0.278. The quantitative estimate of drug-likeness (QED) is 0.453. The average molecular weight is 566 g/mol. The van der Waals surface area contributed by atoms with Crippen LogP contribution in [0.15, 0.2) is 16.5 Å². The number of carboxylic acids is 1. The highest BCUT2D eigenvalue weighted by atomic mass is 16.4. The molecule has 2 saturated carbocycles. The van der Waals surface area contributed by atoms with Gasteiger partial charge in [-0.05, 0) is 70.8 Å². The molecular weight excluding hydrogens is 518 g/mol. The molecular formula is C33H47N3O5. The largest absolute Gasteiger partial charge is 0.481 e. The fraction of sp³-hybridized carbons (Fsp3) is 0.697. The highest BCUT2D eigenvalue weighted by Crippen LogP contribution is 2.41. The summed E-state index contributed by atoms with van der Waals surface area (Å²) in [5.41, 5.74) is 2.16. The van der Waals surface area contributed by atoms with Gasteiger partial charge >= 0.3 is 5.97 Å². The van der Waals surface area contributed by atoms with Gasteiger partial charge in [0.15, 0.2) is 11.3 Å². The Bertz CT molecular complexity index is 1320. The van der Waals surface area contributed by atoms with Gasteiger partial charge in [-0.3, -0.25) is 14.4 Å². The first-order chi connectivity index (χ1) is 19.2. The van der Waals surface area contributed by atoms with E-state index in [-0.39, 0.29) is 23.1 Å². The number of hydrogen-bond donors (Lipinski definition) is 1. The lowest BCUT2D eigenvalue weighted by molar-refractivity contribution is -0.153. The zero-order chi connectivity index (χ0) is 29.7. The summed E-state index contributed by atoms with van der Waals surface area (Å²) < 4.78 is 6.30. The number of furan rings is 1. The Balaban J connectivity index is 1.33. The highest BCUT2D eigenvalue weighted by molar-refractivity contribution is 5.96. The molecule has 3 fully saturated rings. The number of carbonyl (C=O) groups is 3. The van der Waals surface area contributed by atoms with Gasteiger partial charge in [-0.25, -0.2) is 4.98 Å². The third-order valence-electron chi connectivity index (χ3n) is 9.95. The summed E-state index contributed by atoms with van der Waals surface area (Å²) in [6, 6.07) is 4.02. The van der Waals surface area contributed by atoms with Crippen molar-refractivity contribution in [3.05, 3.63) is 29.2 Å². The number of hydrogen-bond acceptors (Lipinski definition) is 5. The van der Waals surface area contributed by atoms with Gasteiger partial charge in [0.1, 0.15) is 5.52 Å². The van der Waals surface area contributed by atoms with Crippen LogP contribution in [0.3, 0.4) is 0 Å². The maximum Gasteiger partial charge on any atom is 0.309 e. The number of piperazine rings is 1. The molecule has 2 aromatic heterocycles. The SMILES string of the molecule is CC(C)(C)c1cc(C2CCCCC2)nc2cc(C(=O)N3CCN(C(=O)[C@H]4CC[C@](C)(C(=O)O)CC4)CC3(C)C)oc12. The molecule has 8 nitrogen and oxygen atoms in total. The monoisotopic (exact) mass is 565 g/mol. The number of nitrogens with zero attached hydrogens (tertiary/aromatic N) is 3. The van der Waals surface area contributed by atoms with E-state index in [9.17, 15) is 19.5 Å². The lowest BCUT2D eigenvalue weighted by Gasteiger charge is -2.48. The molecule has 2 amide bonds. The summed E-state index contributed by atoms with van der Waals surface area (Å²) in [6.07, 6.45) is 8.27. The van der Waals surface area contributed by atoms with Crippen LogP contribution in [0.4, 0.5) is 0 Å². The fourth-order valence-corrected chi connectivity index (χ4v) is 7.14. The second-order valence-electron chi connectivity index (χ2n) is 14.7. The van der Waals surface area contributed by atoms with Gasteiger partial charge in [-0.2, -0.15) is 0 Å². The molecule has 8 heteroatoms. The molecule has 3 heterocycles. The lowest BCUT2D eigenvalue weighted by Crippen LogP contribution is -2.62. The molecule has 1 saturated heterocycles. The molecule has 0 radical (unpaired) electrons. The molecule has 1 N–H and O–H groups in total. The summed E-state index contributed by atoms with van der Waals surface area (Å²) in [5, 5.41) is 9.54. The van der Waals surface area contributed by atoms with Crippen LogP contribution in [0.2, 0.25) is 0 Å². The van der Waals surface area contributed by atoms with E-state index in [4.69, 9.17) is 9.40 Å². The number of carbonyl (C=O) groups excluding carboxylic acids is 2. The van der Waals surface area contributed by atoms with Crippen LogP contribution < -0.4 is 0 Å². The molecule has 3 aliphatic rings. The van der Waals surface area contributed by atoms with Crippen molar-refractivity contribution in [1.29, 1.82) is 0 Å². The summed E-state index contributed by atoms with van der Waals surface area (Å²) in [6.45, 7) is 13.6. The molecule has 2 aromatic rings. The van der Waals surface area contributed by atoms with Crippen molar-refractivity contribution >= 4 is 28.9 Å². The van der Waals surface area contributed by atoms with Crippen molar-refractivity contribution in [3.63, 3.8) is 0 Å². The zero-order valence-electron chi connectivity index (χ0n) is 25.7. The van der Waals surface area contributed by atoms with Crippen LogP contribution in [0.25, 0.3) is 11.1 Å². The molecule has 41 heavy (non-hydrogen) atoms. The Morgan fingerprint density at radius 1 is 0.976 bits per heavy atom. The van der Waals surface area contributed by atoms with E-state index < -0.39 is 16.9 Å². The number of fused-ring (bicyclic) bond motifs is 1. The van der Waals surface area contributed by atoms with E-state index in [0.717, 1.165) is 29.6 Å². The smallest absolute Gasteiger partial charge is 0.309 e. The first-order valence-corrected chi connectivity index (χ1v) is 15.5. The second kappa shape index (κ2) is 10.7. The van der Waals surface area contributed by atoms with E-state index in [1.807, 2.05) is 29.7 Å². The number of rotatable bonds is 4. The van der Waals surface area contributed by atoms with Crippen molar-refractivity contribution in [1.82, 2.24) is 14.8 Å². The normalized spacial score (nSPS) is 25.9.